The molecule has 1 heterocycles. The summed E-state index contributed by atoms with van der Waals surface area (Å²) >= 11 is 12.7. The minimum Gasteiger partial charge on any atom is -0.466 e. The standard InChI is InChI=1S/C22H27Cl2NO7/c1-4-32-22(29)19-16(11-31-10-13(27)8-9-26)25-12(2)17(21(28)30-3)18(19)14-6-5-7-15(23)20(14)24/h5-7,13,18,25-27H,4,8-11H2,1-3H3. The van der Waals surface area contributed by atoms with Crippen molar-refractivity contribution in [3.63, 3.8) is 0 Å². The Morgan fingerprint density at radius 3 is 2.56 bits per heavy atom. The fourth-order valence-corrected chi connectivity index (χ4v) is 3.84. The predicted octanol–water partition coefficient (Wildman–Crippen LogP) is 2.70. The van der Waals surface area contributed by atoms with Gasteiger partial charge in [-0.1, -0.05) is 35.3 Å². The Hall–Kier alpha value is -2.10. The molecule has 32 heavy (non-hydrogen) atoms. The molecule has 0 bridgehead atoms. The molecule has 0 aromatic heterocycles. The Morgan fingerprint density at radius 1 is 1.22 bits per heavy atom. The molecule has 10 heteroatoms. The second kappa shape index (κ2) is 12.2. The zero-order chi connectivity index (χ0) is 23.8. The number of benzene rings is 1. The van der Waals surface area contributed by atoms with Crippen molar-refractivity contribution in [3.05, 3.63) is 56.3 Å². The van der Waals surface area contributed by atoms with Gasteiger partial charge < -0.3 is 29.7 Å². The highest BCUT2D eigenvalue weighted by atomic mass is 35.5. The molecule has 3 N–H and O–H groups in total. The lowest BCUT2D eigenvalue weighted by molar-refractivity contribution is -0.139. The molecule has 1 aliphatic heterocycles. The molecule has 0 radical (unpaired) electrons. The molecular weight excluding hydrogens is 461 g/mol. The van der Waals surface area contributed by atoms with Crippen molar-refractivity contribution in [2.75, 3.05) is 33.5 Å². The molecule has 0 fully saturated rings. The molecule has 0 saturated heterocycles. The quantitative estimate of drug-likeness (QED) is 0.431. The van der Waals surface area contributed by atoms with Crippen LogP contribution < -0.4 is 5.32 Å². The van der Waals surface area contributed by atoms with Crippen LogP contribution in [-0.4, -0.2) is 61.8 Å². The molecule has 1 aliphatic rings. The van der Waals surface area contributed by atoms with Gasteiger partial charge in [0.1, 0.15) is 0 Å². The zero-order valence-corrected chi connectivity index (χ0v) is 19.6. The molecular formula is C22H27Cl2NO7. The number of aliphatic hydroxyl groups is 2. The summed E-state index contributed by atoms with van der Waals surface area (Å²) < 4.78 is 15.8. The maximum Gasteiger partial charge on any atom is 0.336 e. The number of halogens is 2. The van der Waals surface area contributed by atoms with Crippen molar-refractivity contribution >= 4 is 35.1 Å². The molecule has 2 atom stereocenters. The van der Waals surface area contributed by atoms with Crippen LogP contribution in [0.5, 0.6) is 0 Å². The summed E-state index contributed by atoms with van der Waals surface area (Å²) in [6.45, 7) is 3.12. The summed E-state index contributed by atoms with van der Waals surface area (Å²) in [4.78, 5) is 25.7. The van der Waals surface area contributed by atoms with Crippen LogP contribution >= 0.6 is 23.2 Å². The Morgan fingerprint density at radius 2 is 1.94 bits per heavy atom. The van der Waals surface area contributed by atoms with E-state index in [9.17, 15) is 14.7 Å². The first-order valence-electron chi connectivity index (χ1n) is 10.0. The lowest BCUT2D eigenvalue weighted by atomic mass is 9.80. The van der Waals surface area contributed by atoms with E-state index in [1.807, 2.05) is 0 Å². The first-order valence-corrected chi connectivity index (χ1v) is 10.8. The van der Waals surface area contributed by atoms with Gasteiger partial charge in [0.25, 0.3) is 0 Å². The van der Waals surface area contributed by atoms with Crippen LogP contribution in [0.15, 0.2) is 40.7 Å². The Bertz CT molecular complexity index is 914. The number of hydrogen-bond donors (Lipinski definition) is 3. The van der Waals surface area contributed by atoms with Crippen molar-refractivity contribution in [2.45, 2.75) is 32.3 Å². The Labute approximate surface area is 196 Å². The van der Waals surface area contributed by atoms with E-state index in [0.717, 1.165) is 0 Å². The van der Waals surface area contributed by atoms with E-state index in [1.165, 1.54) is 7.11 Å². The van der Waals surface area contributed by atoms with E-state index in [2.05, 4.69) is 5.32 Å². The molecule has 176 valence electrons. The van der Waals surface area contributed by atoms with Crippen LogP contribution in [0.3, 0.4) is 0 Å². The molecule has 2 unspecified atom stereocenters. The fraction of sp³-hybridized carbons (Fsp3) is 0.455. The maximum absolute atomic E-state index is 13.0. The third kappa shape index (κ3) is 6.02. The number of hydrogen-bond acceptors (Lipinski definition) is 8. The van der Waals surface area contributed by atoms with E-state index in [4.69, 9.17) is 42.5 Å². The smallest absolute Gasteiger partial charge is 0.336 e. The molecule has 1 aromatic carbocycles. The average molecular weight is 488 g/mol. The molecule has 0 amide bonds. The first kappa shape index (κ1) is 26.2. The van der Waals surface area contributed by atoms with Gasteiger partial charge >= 0.3 is 11.9 Å². The summed E-state index contributed by atoms with van der Waals surface area (Å²) in [6.07, 6.45) is -0.709. The van der Waals surface area contributed by atoms with Crippen LogP contribution in [-0.2, 0) is 23.8 Å². The topological polar surface area (TPSA) is 114 Å². The SMILES string of the molecule is CCOC(=O)C1=C(COCC(O)CCO)NC(C)=C(C(=O)OC)C1c1cccc(Cl)c1Cl. The van der Waals surface area contributed by atoms with Gasteiger partial charge in [-0.3, -0.25) is 0 Å². The van der Waals surface area contributed by atoms with Crippen molar-refractivity contribution in [3.8, 4) is 0 Å². The van der Waals surface area contributed by atoms with Crippen molar-refractivity contribution in [2.24, 2.45) is 0 Å². The van der Waals surface area contributed by atoms with Gasteiger partial charge in [-0.25, -0.2) is 9.59 Å². The molecule has 0 saturated carbocycles. The number of nitrogens with one attached hydrogen (secondary N) is 1. The summed E-state index contributed by atoms with van der Waals surface area (Å²) in [6, 6.07) is 4.94. The minimum atomic E-state index is -0.921. The summed E-state index contributed by atoms with van der Waals surface area (Å²) in [7, 11) is 1.24. The highest BCUT2D eigenvalue weighted by molar-refractivity contribution is 6.42. The molecule has 8 nitrogen and oxygen atoms in total. The van der Waals surface area contributed by atoms with Gasteiger partial charge in [0.05, 0.1) is 65.8 Å². The first-order chi connectivity index (χ1) is 15.3. The molecule has 2 rings (SSSR count). The maximum atomic E-state index is 13.0. The van der Waals surface area contributed by atoms with Gasteiger partial charge in [0, 0.05) is 12.3 Å². The Balaban J connectivity index is 2.61. The third-order valence-corrected chi connectivity index (χ3v) is 5.69. The van der Waals surface area contributed by atoms with E-state index in [0.29, 0.717) is 17.0 Å². The highest BCUT2D eigenvalue weighted by Gasteiger charge is 2.40. The second-order valence-corrected chi connectivity index (χ2v) is 7.81. The number of aliphatic hydroxyl groups excluding tert-OH is 2. The predicted molar refractivity (Wildman–Crippen MR) is 119 cm³/mol. The average Bonchev–Trinajstić information content (AvgIpc) is 2.75. The zero-order valence-electron chi connectivity index (χ0n) is 18.1. The number of rotatable bonds is 10. The number of allylic oxidation sites excluding steroid dienone is 1. The van der Waals surface area contributed by atoms with Crippen LogP contribution in [0.1, 0.15) is 31.7 Å². The van der Waals surface area contributed by atoms with Gasteiger partial charge in [-0.05, 0) is 31.9 Å². The highest BCUT2D eigenvalue weighted by Crippen LogP contribution is 2.43. The molecule has 0 aliphatic carbocycles. The third-order valence-electron chi connectivity index (χ3n) is 4.86. The van der Waals surface area contributed by atoms with Gasteiger partial charge in [-0.15, -0.1) is 0 Å². The molecule has 0 spiro atoms. The summed E-state index contributed by atoms with van der Waals surface area (Å²) in [5.41, 5.74) is 1.54. The van der Waals surface area contributed by atoms with Crippen molar-refractivity contribution in [1.29, 1.82) is 0 Å². The number of dihydropyridines is 1. The fourth-order valence-electron chi connectivity index (χ4n) is 3.42. The minimum absolute atomic E-state index is 0.0585. The summed E-state index contributed by atoms with van der Waals surface area (Å²) in [5.74, 6) is -2.23. The van der Waals surface area contributed by atoms with Gasteiger partial charge in [0.15, 0.2) is 0 Å². The number of carbonyl (C=O) groups excluding carboxylic acids is 2. The van der Waals surface area contributed by atoms with Crippen molar-refractivity contribution < 1.29 is 34.0 Å². The van der Waals surface area contributed by atoms with Crippen LogP contribution in [0.25, 0.3) is 0 Å². The van der Waals surface area contributed by atoms with Crippen LogP contribution in [0, 0.1) is 0 Å². The lowest BCUT2D eigenvalue weighted by Crippen LogP contribution is -2.35. The van der Waals surface area contributed by atoms with Gasteiger partial charge in [-0.2, -0.15) is 0 Å². The second-order valence-electron chi connectivity index (χ2n) is 7.03. The lowest BCUT2D eigenvalue weighted by Gasteiger charge is -2.32. The van der Waals surface area contributed by atoms with E-state index < -0.39 is 24.0 Å². The van der Waals surface area contributed by atoms with Crippen LogP contribution in [0.2, 0.25) is 10.0 Å². The number of ether oxygens (including phenoxy) is 3. The monoisotopic (exact) mass is 487 g/mol. The van der Waals surface area contributed by atoms with E-state index in [1.54, 1.807) is 32.0 Å². The van der Waals surface area contributed by atoms with E-state index in [-0.39, 0.29) is 54.0 Å². The number of carbonyl (C=O) groups is 2. The van der Waals surface area contributed by atoms with Crippen molar-refractivity contribution in [1.82, 2.24) is 5.32 Å². The molecule has 1 aromatic rings. The van der Waals surface area contributed by atoms with Crippen LogP contribution in [0.4, 0.5) is 0 Å². The number of methoxy groups -OCH3 is 1. The van der Waals surface area contributed by atoms with E-state index >= 15 is 0 Å². The van der Waals surface area contributed by atoms with Gasteiger partial charge in [0.2, 0.25) is 0 Å². The largest absolute Gasteiger partial charge is 0.466 e. The number of esters is 2. The normalized spacial score (nSPS) is 17.2. The Kier molecular flexibility index (Phi) is 9.99. The summed E-state index contributed by atoms with van der Waals surface area (Å²) in [5, 5.41) is 22.2.